The summed E-state index contributed by atoms with van der Waals surface area (Å²) in [7, 11) is 1.52. The van der Waals surface area contributed by atoms with Crippen LogP contribution in [0.3, 0.4) is 0 Å². The molecular weight excluding hydrogens is 180 g/mol. The number of benzene rings is 1. The van der Waals surface area contributed by atoms with E-state index in [4.69, 9.17) is 10.00 Å². The van der Waals surface area contributed by atoms with Crippen LogP contribution in [0.1, 0.15) is 12.5 Å². The molecule has 72 valence electrons. The summed E-state index contributed by atoms with van der Waals surface area (Å²) in [5, 5.41) is 11.4. The van der Waals surface area contributed by atoms with E-state index >= 15 is 0 Å². The maximum Gasteiger partial charge on any atom is 0.221 e. The van der Waals surface area contributed by atoms with E-state index in [1.54, 1.807) is 18.2 Å². The van der Waals surface area contributed by atoms with Crippen molar-refractivity contribution in [1.82, 2.24) is 0 Å². The Balaban J connectivity index is 3.07. The lowest BCUT2D eigenvalue weighted by Gasteiger charge is -2.06. The third-order valence-corrected chi connectivity index (χ3v) is 1.66. The summed E-state index contributed by atoms with van der Waals surface area (Å²) in [4.78, 5) is 10.8. The Morgan fingerprint density at radius 2 is 2.29 bits per heavy atom. The minimum atomic E-state index is -0.202. The van der Waals surface area contributed by atoms with Crippen LogP contribution < -0.4 is 10.1 Å². The fraction of sp³-hybridized carbons (Fsp3) is 0.200. The molecule has 0 aliphatic heterocycles. The van der Waals surface area contributed by atoms with Crippen LogP contribution in [0.4, 0.5) is 5.69 Å². The second-order valence-corrected chi connectivity index (χ2v) is 2.70. The molecule has 1 amide bonds. The number of hydrogen-bond donors (Lipinski definition) is 1. The van der Waals surface area contributed by atoms with E-state index in [0.29, 0.717) is 17.0 Å². The molecule has 0 atom stereocenters. The van der Waals surface area contributed by atoms with E-state index in [1.165, 1.54) is 14.0 Å². The lowest BCUT2D eigenvalue weighted by atomic mass is 10.2. The third-order valence-electron chi connectivity index (χ3n) is 1.66. The summed E-state index contributed by atoms with van der Waals surface area (Å²) in [6.07, 6.45) is 0. The Kier molecular flexibility index (Phi) is 3.08. The van der Waals surface area contributed by atoms with Crippen LogP contribution >= 0.6 is 0 Å². The molecule has 14 heavy (non-hydrogen) atoms. The number of rotatable bonds is 2. The minimum absolute atomic E-state index is 0.202. The maximum atomic E-state index is 10.8. The zero-order valence-corrected chi connectivity index (χ0v) is 8.00. The van der Waals surface area contributed by atoms with Crippen molar-refractivity contribution < 1.29 is 9.53 Å². The number of carbonyl (C=O) groups is 1. The van der Waals surface area contributed by atoms with Gasteiger partial charge in [0.1, 0.15) is 11.8 Å². The van der Waals surface area contributed by atoms with Crippen molar-refractivity contribution in [2.24, 2.45) is 0 Å². The van der Waals surface area contributed by atoms with E-state index in [2.05, 4.69) is 5.32 Å². The first kappa shape index (κ1) is 10.1. The first-order chi connectivity index (χ1) is 6.67. The summed E-state index contributed by atoms with van der Waals surface area (Å²) in [5.41, 5.74) is 0.889. The number of nitrogens with zero attached hydrogens (tertiary/aromatic N) is 1. The Hall–Kier alpha value is -2.02. The molecule has 0 aromatic heterocycles. The van der Waals surface area contributed by atoms with Gasteiger partial charge in [0.2, 0.25) is 5.91 Å². The third kappa shape index (κ3) is 2.23. The Morgan fingerprint density at radius 1 is 1.57 bits per heavy atom. The molecule has 0 saturated heterocycles. The molecule has 0 saturated carbocycles. The average molecular weight is 190 g/mol. The fourth-order valence-corrected chi connectivity index (χ4v) is 1.04. The molecule has 0 heterocycles. The molecule has 1 N–H and O–H groups in total. The van der Waals surface area contributed by atoms with Gasteiger partial charge < -0.3 is 10.1 Å². The topological polar surface area (TPSA) is 62.1 Å². The van der Waals surface area contributed by atoms with E-state index < -0.39 is 0 Å². The van der Waals surface area contributed by atoms with Gasteiger partial charge in [0.25, 0.3) is 0 Å². The Labute approximate surface area is 82.1 Å². The minimum Gasteiger partial charge on any atom is -0.497 e. The smallest absolute Gasteiger partial charge is 0.221 e. The van der Waals surface area contributed by atoms with E-state index in [9.17, 15) is 4.79 Å². The van der Waals surface area contributed by atoms with E-state index in [-0.39, 0.29) is 5.91 Å². The predicted molar refractivity (Wildman–Crippen MR) is 52.0 cm³/mol. The highest BCUT2D eigenvalue weighted by Gasteiger charge is 2.04. The standard InChI is InChI=1S/C10H10N2O2/c1-7(13)12-10-4-3-9(14-2)5-8(10)6-11/h3-5H,1-2H3,(H,12,13). The Morgan fingerprint density at radius 3 is 2.79 bits per heavy atom. The van der Waals surface area contributed by atoms with Gasteiger partial charge in [0.15, 0.2) is 0 Å². The molecule has 0 unspecified atom stereocenters. The quantitative estimate of drug-likeness (QED) is 0.769. The molecule has 1 aromatic rings. The van der Waals surface area contributed by atoms with Gasteiger partial charge in [-0.15, -0.1) is 0 Å². The number of nitriles is 1. The van der Waals surface area contributed by atoms with Crippen LogP contribution in [0.15, 0.2) is 18.2 Å². The lowest BCUT2D eigenvalue weighted by molar-refractivity contribution is -0.114. The summed E-state index contributed by atoms with van der Waals surface area (Å²) in [6, 6.07) is 6.88. The summed E-state index contributed by atoms with van der Waals surface area (Å²) in [5.74, 6) is 0.391. The second-order valence-electron chi connectivity index (χ2n) is 2.70. The van der Waals surface area contributed by atoms with Gasteiger partial charge in [-0.3, -0.25) is 4.79 Å². The summed E-state index contributed by atoms with van der Waals surface area (Å²) < 4.78 is 4.95. The van der Waals surface area contributed by atoms with E-state index in [1.807, 2.05) is 6.07 Å². The zero-order valence-electron chi connectivity index (χ0n) is 8.00. The average Bonchev–Trinajstić information content (AvgIpc) is 2.17. The predicted octanol–water partition coefficient (Wildman–Crippen LogP) is 1.53. The van der Waals surface area contributed by atoms with Crippen LogP contribution in [-0.4, -0.2) is 13.0 Å². The van der Waals surface area contributed by atoms with Gasteiger partial charge in [0.05, 0.1) is 18.4 Å². The number of nitrogens with one attached hydrogen (secondary N) is 1. The van der Waals surface area contributed by atoms with Gasteiger partial charge in [-0.25, -0.2) is 0 Å². The molecule has 0 aliphatic carbocycles. The Bertz CT molecular complexity index is 394. The zero-order chi connectivity index (χ0) is 10.6. The lowest BCUT2D eigenvalue weighted by Crippen LogP contribution is -2.07. The molecule has 1 aromatic carbocycles. The molecule has 0 radical (unpaired) electrons. The molecule has 4 heteroatoms. The van der Waals surface area contributed by atoms with Crippen molar-refractivity contribution in [1.29, 1.82) is 5.26 Å². The maximum absolute atomic E-state index is 10.8. The van der Waals surface area contributed by atoms with Crippen LogP contribution in [0.2, 0.25) is 0 Å². The van der Waals surface area contributed by atoms with Crippen molar-refractivity contribution in [3.05, 3.63) is 23.8 Å². The molecule has 0 spiro atoms. The summed E-state index contributed by atoms with van der Waals surface area (Å²) >= 11 is 0. The van der Waals surface area contributed by atoms with Crippen LogP contribution in [0.5, 0.6) is 5.75 Å². The number of amides is 1. The molecule has 1 rings (SSSR count). The highest BCUT2D eigenvalue weighted by atomic mass is 16.5. The van der Waals surface area contributed by atoms with Crippen LogP contribution in [0.25, 0.3) is 0 Å². The first-order valence-corrected chi connectivity index (χ1v) is 4.03. The van der Waals surface area contributed by atoms with Gasteiger partial charge in [0, 0.05) is 6.92 Å². The fourth-order valence-electron chi connectivity index (χ4n) is 1.04. The van der Waals surface area contributed by atoms with Crippen molar-refractivity contribution >= 4 is 11.6 Å². The van der Waals surface area contributed by atoms with E-state index in [0.717, 1.165) is 0 Å². The van der Waals surface area contributed by atoms with Crippen molar-refractivity contribution in [3.63, 3.8) is 0 Å². The molecular formula is C10H10N2O2. The van der Waals surface area contributed by atoms with Gasteiger partial charge in [-0.1, -0.05) is 0 Å². The number of anilines is 1. The monoisotopic (exact) mass is 190 g/mol. The number of carbonyl (C=O) groups excluding carboxylic acids is 1. The van der Waals surface area contributed by atoms with Gasteiger partial charge in [-0.05, 0) is 18.2 Å². The highest BCUT2D eigenvalue weighted by molar-refractivity contribution is 5.90. The summed E-state index contributed by atoms with van der Waals surface area (Å²) in [6.45, 7) is 1.39. The van der Waals surface area contributed by atoms with Crippen LogP contribution in [-0.2, 0) is 4.79 Å². The van der Waals surface area contributed by atoms with Gasteiger partial charge in [-0.2, -0.15) is 5.26 Å². The second kappa shape index (κ2) is 4.28. The largest absolute Gasteiger partial charge is 0.497 e. The molecule has 0 aliphatic rings. The van der Waals surface area contributed by atoms with Crippen molar-refractivity contribution in [2.45, 2.75) is 6.92 Å². The number of hydrogen-bond acceptors (Lipinski definition) is 3. The SMILES string of the molecule is COc1ccc(NC(C)=O)c(C#N)c1. The normalized spacial score (nSPS) is 8.93. The van der Waals surface area contributed by atoms with Crippen molar-refractivity contribution in [2.75, 3.05) is 12.4 Å². The number of methoxy groups -OCH3 is 1. The molecule has 4 nitrogen and oxygen atoms in total. The first-order valence-electron chi connectivity index (χ1n) is 4.03. The molecule has 0 fully saturated rings. The molecule has 0 bridgehead atoms. The highest BCUT2D eigenvalue weighted by Crippen LogP contribution is 2.20. The van der Waals surface area contributed by atoms with Gasteiger partial charge >= 0.3 is 0 Å². The van der Waals surface area contributed by atoms with Crippen molar-refractivity contribution in [3.8, 4) is 11.8 Å². The van der Waals surface area contributed by atoms with Crippen LogP contribution in [0, 0.1) is 11.3 Å². The number of ether oxygens (including phenoxy) is 1.